The molecule has 0 saturated heterocycles. The minimum absolute atomic E-state index is 0.0675. The standard InChI is InChI=1S/C21H27N5O8S/c22-12(9-35)18(30)24-14(6-17(28)29)19(31)26-16(8-27)20(32)25-15(21(33)34)5-10-7-23-13-4-2-1-3-11(10)13/h1-4,7,12,14-16,23,27,35H,5-6,8-9,22H2,(H,24,30)(H,25,32)(H,26,31)(H,28,29)(H,33,34). The number of benzene rings is 1. The quantitative estimate of drug-likeness (QED) is 0.136. The van der Waals surface area contributed by atoms with Gasteiger partial charge in [-0.3, -0.25) is 19.2 Å². The van der Waals surface area contributed by atoms with Crippen molar-refractivity contribution in [3.05, 3.63) is 36.0 Å². The highest BCUT2D eigenvalue weighted by Gasteiger charge is 2.31. The summed E-state index contributed by atoms with van der Waals surface area (Å²) in [5.74, 6) is -5.76. The largest absolute Gasteiger partial charge is 0.481 e. The molecule has 2 aromatic rings. The maximum absolute atomic E-state index is 12.6. The SMILES string of the molecule is NC(CS)C(=O)NC(CC(=O)O)C(=O)NC(CO)C(=O)NC(Cc1c[nH]c2ccccc12)C(=O)O. The van der Waals surface area contributed by atoms with E-state index < -0.39 is 66.9 Å². The first-order valence-electron chi connectivity index (χ1n) is 10.4. The molecule has 0 aliphatic heterocycles. The number of carboxylic acids is 2. The molecule has 1 aromatic carbocycles. The summed E-state index contributed by atoms with van der Waals surface area (Å²) in [5.41, 5.74) is 6.92. The van der Waals surface area contributed by atoms with E-state index in [0.29, 0.717) is 5.56 Å². The number of carbonyl (C=O) groups is 5. The number of carboxylic acid groups (broad SMARTS) is 2. The highest BCUT2D eigenvalue weighted by atomic mass is 32.1. The van der Waals surface area contributed by atoms with Gasteiger partial charge in [-0.1, -0.05) is 18.2 Å². The van der Waals surface area contributed by atoms with Crippen LogP contribution in [0.1, 0.15) is 12.0 Å². The average molecular weight is 510 g/mol. The van der Waals surface area contributed by atoms with Gasteiger partial charge in [-0.2, -0.15) is 12.6 Å². The number of fused-ring (bicyclic) bond motifs is 1. The number of carbonyl (C=O) groups excluding carboxylic acids is 3. The first-order valence-corrected chi connectivity index (χ1v) is 11.1. The van der Waals surface area contributed by atoms with Crippen molar-refractivity contribution in [3.8, 4) is 0 Å². The minimum atomic E-state index is -1.61. The van der Waals surface area contributed by atoms with Gasteiger partial charge in [-0.25, -0.2) is 4.79 Å². The van der Waals surface area contributed by atoms with Crippen molar-refractivity contribution in [3.63, 3.8) is 0 Å². The molecular weight excluding hydrogens is 482 g/mol. The number of aliphatic hydroxyl groups excluding tert-OH is 1. The molecule has 35 heavy (non-hydrogen) atoms. The summed E-state index contributed by atoms with van der Waals surface area (Å²) in [6.07, 6.45) is 0.707. The van der Waals surface area contributed by atoms with E-state index in [2.05, 4.69) is 33.6 Å². The van der Waals surface area contributed by atoms with Gasteiger partial charge in [0.1, 0.15) is 18.1 Å². The third-order valence-corrected chi connectivity index (χ3v) is 5.47. The number of amides is 3. The van der Waals surface area contributed by atoms with E-state index in [4.69, 9.17) is 10.8 Å². The molecule has 13 nitrogen and oxygen atoms in total. The van der Waals surface area contributed by atoms with E-state index >= 15 is 0 Å². The van der Waals surface area contributed by atoms with E-state index in [-0.39, 0.29) is 12.2 Å². The zero-order valence-corrected chi connectivity index (χ0v) is 19.3. The molecule has 0 fully saturated rings. The van der Waals surface area contributed by atoms with Gasteiger partial charge >= 0.3 is 11.9 Å². The Hall–Kier alpha value is -3.62. The minimum Gasteiger partial charge on any atom is -0.481 e. The normalized spacial score (nSPS) is 14.4. The fraction of sp³-hybridized carbons (Fsp3) is 0.381. The van der Waals surface area contributed by atoms with Crippen LogP contribution in [0.25, 0.3) is 10.9 Å². The topological polar surface area (TPSA) is 224 Å². The smallest absolute Gasteiger partial charge is 0.326 e. The molecule has 4 atom stereocenters. The van der Waals surface area contributed by atoms with Crippen molar-refractivity contribution < 1.29 is 39.3 Å². The fourth-order valence-corrected chi connectivity index (χ4v) is 3.37. The molecule has 0 aliphatic carbocycles. The summed E-state index contributed by atoms with van der Waals surface area (Å²) in [6.45, 7) is -0.916. The Morgan fingerprint density at radius 1 is 0.943 bits per heavy atom. The fourth-order valence-electron chi connectivity index (χ4n) is 3.20. The van der Waals surface area contributed by atoms with Gasteiger partial charge in [-0.15, -0.1) is 0 Å². The van der Waals surface area contributed by atoms with Gasteiger partial charge < -0.3 is 42.0 Å². The highest BCUT2D eigenvalue weighted by molar-refractivity contribution is 7.80. The first-order chi connectivity index (χ1) is 16.6. The lowest BCUT2D eigenvalue weighted by Gasteiger charge is -2.23. The van der Waals surface area contributed by atoms with Crippen LogP contribution >= 0.6 is 12.6 Å². The van der Waals surface area contributed by atoms with E-state index in [1.54, 1.807) is 30.5 Å². The van der Waals surface area contributed by atoms with Crippen LogP contribution < -0.4 is 21.7 Å². The summed E-state index contributed by atoms with van der Waals surface area (Å²) in [6, 6.07) is 1.46. The number of nitrogens with two attached hydrogens (primary N) is 1. The summed E-state index contributed by atoms with van der Waals surface area (Å²) in [5, 5.41) is 35.6. The Bertz CT molecular complexity index is 1090. The molecule has 0 saturated carbocycles. The number of aliphatic hydroxyl groups is 1. The van der Waals surface area contributed by atoms with Crippen molar-refractivity contribution >= 4 is 53.2 Å². The Morgan fingerprint density at radius 2 is 1.54 bits per heavy atom. The number of thiol groups is 1. The summed E-state index contributed by atoms with van der Waals surface area (Å²) < 4.78 is 0. The van der Waals surface area contributed by atoms with Gasteiger partial charge in [0.15, 0.2) is 0 Å². The monoisotopic (exact) mass is 509 g/mol. The number of hydrogen-bond acceptors (Lipinski definition) is 8. The third-order valence-electron chi connectivity index (χ3n) is 5.07. The molecule has 9 N–H and O–H groups in total. The second-order valence-corrected chi connectivity index (χ2v) is 8.02. The number of H-pyrrole nitrogens is 1. The molecule has 0 radical (unpaired) electrons. The summed E-state index contributed by atoms with van der Waals surface area (Å²) in [4.78, 5) is 63.1. The lowest BCUT2D eigenvalue weighted by atomic mass is 10.0. The van der Waals surface area contributed by atoms with Gasteiger partial charge in [0.25, 0.3) is 0 Å². The van der Waals surface area contributed by atoms with Gasteiger partial charge in [0.05, 0.1) is 19.1 Å². The zero-order valence-electron chi connectivity index (χ0n) is 18.4. The molecule has 1 aromatic heterocycles. The maximum Gasteiger partial charge on any atom is 0.326 e. The Labute approximate surface area is 204 Å². The van der Waals surface area contributed by atoms with Gasteiger partial charge in [-0.05, 0) is 11.6 Å². The van der Waals surface area contributed by atoms with Crippen molar-refractivity contribution in [2.24, 2.45) is 5.73 Å². The van der Waals surface area contributed by atoms with E-state index in [1.165, 1.54) is 0 Å². The van der Waals surface area contributed by atoms with Crippen LogP contribution in [-0.2, 0) is 30.4 Å². The molecule has 4 unspecified atom stereocenters. The van der Waals surface area contributed by atoms with Crippen LogP contribution in [0, 0.1) is 0 Å². The van der Waals surface area contributed by atoms with E-state index in [0.717, 1.165) is 10.9 Å². The van der Waals surface area contributed by atoms with Crippen LogP contribution in [-0.4, -0.2) is 86.5 Å². The number of aromatic nitrogens is 1. The number of hydrogen-bond donors (Lipinski definition) is 9. The number of para-hydroxylation sites is 1. The summed E-state index contributed by atoms with van der Waals surface area (Å²) >= 11 is 3.86. The molecule has 2 rings (SSSR count). The Kier molecular flexibility index (Phi) is 10.1. The summed E-state index contributed by atoms with van der Waals surface area (Å²) in [7, 11) is 0. The maximum atomic E-state index is 12.6. The van der Waals surface area contributed by atoms with E-state index in [1.807, 2.05) is 0 Å². The number of aliphatic carboxylic acids is 2. The van der Waals surface area contributed by atoms with E-state index in [9.17, 15) is 34.2 Å². The molecule has 190 valence electrons. The predicted molar refractivity (Wildman–Crippen MR) is 127 cm³/mol. The van der Waals surface area contributed by atoms with Crippen molar-refractivity contribution in [1.82, 2.24) is 20.9 Å². The lowest BCUT2D eigenvalue weighted by molar-refractivity contribution is -0.143. The second-order valence-electron chi connectivity index (χ2n) is 7.65. The van der Waals surface area contributed by atoms with Gasteiger partial charge in [0.2, 0.25) is 17.7 Å². The van der Waals surface area contributed by atoms with Gasteiger partial charge in [0, 0.05) is 29.3 Å². The van der Waals surface area contributed by atoms with Crippen LogP contribution in [0.3, 0.4) is 0 Å². The van der Waals surface area contributed by atoms with Crippen molar-refractivity contribution in [2.75, 3.05) is 12.4 Å². The predicted octanol–water partition coefficient (Wildman–Crippen LogP) is -2.03. The van der Waals surface area contributed by atoms with Crippen molar-refractivity contribution in [1.29, 1.82) is 0 Å². The third kappa shape index (κ3) is 7.70. The average Bonchev–Trinajstić information content (AvgIpc) is 3.23. The lowest BCUT2D eigenvalue weighted by Crippen LogP contribution is -2.58. The number of rotatable bonds is 13. The Balaban J connectivity index is 2.10. The number of aromatic amines is 1. The van der Waals surface area contributed by atoms with Crippen molar-refractivity contribution in [2.45, 2.75) is 37.0 Å². The zero-order chi connectivity index (χ0) is 26.1. The molecule has 0 bridgehead atoms. The van der Waals surface area contributed by atoms with Crippen LogP contribution in [0.4, 0.5) is 0 Å². The molecule has 1 heterocycles. The number of nitrogens with one attached hydrogen (secondary N) is 4. The van der Waals surface area contributed by atoms with Crippen LogP contribution in [0.2, 0.25) is 0 Å². The van der Waals surface area contributed by atoms with Crippen LogP contribution in [0.15, 0.2) is 30.5 Å². The van der Waals surface area contributed by atoms with Crippen LogP contribution in [0.5, 0.6) is 0 Å². The molecule has 0 spiro atoms. The Morgan fingerprint density at radius 3 is 2.14 bits per heavy atom. The second kappa shape index (κ2) is 12.7. The molecule has 14 heteroatoms. The first kappa shape index (κ1) is 27.6. The molecule has 3 amide bonds. The molecular formula is C21H27N5O8S. The molecule has 0 aliphatic rings. The highest BCUT2D eigenvalue weighted by Crippen LogP contribution is 2.19.